The SMILES string of the molecule is CCC(=O)[C@@H](N)C(C)CC. The smallest absolute Gasteiger partial charge is 0.149 e. The van der Waals surface area contributed by atoms with Gasteiger partial charge in [0.05, 0.1) is 6.04 Å². The first-order valence-corrected chi connectivity index (χ1v) is 3.91. The van der Waals surface area contributed by atoms with E-state index in [1.807, 2.05) is 20.8 Å². The van der Waals surface area contributed by atoms with E-state index in [-0.39, 0.29) is 11.8 Å². The third kappa shape index (κ3) is 2.48. The maximum Gasteiger partial charge on any atom is 0.149 e. The molecule has 0 radical (unpaired) electrons. The van der Waals surface area contributed by atoms with E-state index in [4.69, 9.17) is 5.73 Å². The van der Waals surface area contributed by atoms with Gasteiger partial charge in [0.25, 0.3) is 0 Å². The number of rotatable bonds is 4. The maximum absolute atomic E-state index is 11.0. The second-order valence-corrected chi connectivity index (χ2v) is 2.73. The van der Waals surface area contributed by atoms with Crippen LogP contribution in [0.5, 0.6) is 0 Å². The number of Topliss-reactive ketones (excluding diaryl/α,β-unsaturated/α-hetero) is 1. The highest BCUT2D eigenvalue weighted by atomic mass is 16.1. The van der Waals surface area contributed by atoms with Gasteiger partial charge in [-0.05, 0) is 5.92 Å². The lowest BCUT2D eigenvalue weighted by Crippen LogP contribution is -2.35. The predicted octanol–water partition coefficient (Wildman–Crippen LogP) is 1.34. The van der Waals surface area contributed by atoms with Crippen LogP contribution in [0.25, 0.3) is 0 Å². The highest BCUT2D eigenvalue weighted by molar-refractivity contribution is 5.83. The van der Waals surface area contributed by atoms with Crippen LogP contribution in [-0.4, -0.2) is 11.8 Å². The second-order valence-electron chi connectivity index (χ2n) is 2.73. The Morgan fingerprint density at radius 2 is 2.00 bits per heavy atom. The molecule has 0 saturated carbocycles. The summed E-state index contributed by atoms with van der Waals surface area (Å²) in [5.41, 5.74) is 5.63. The summed E-state index contributed by atoms with van der Waals surface area (Å²) in [6.45, 7) is 5.91. The summed E-state index contributed by atoms with van der Waals surface area (Å²) in [6, 6.07) is -0.241. The summed E-state index contributed by atoms with van der Waals surface area (Å²) in [4.78, 5) is 11.0. The van der Waals surface area contributed by atoms with Crippen LogP contribution in [0.3, 0.4) is 0 Å². The Morgan fingerprint density at radius 3 is 2.30 bits per heavy atom. The molecule has 10 heavy (non-hydrogen) atoms. The predicted molar refractivity (Wildman–Crippen MR) is 42.7 cm³/mol. The Balaban J connectivity index is 3.81. The number of hydrogen-bond acceptors (Lipinski definition) is 2. The molecular weight excluding hydrogens is 126 g/mol. The monoisotopic (exact) mass is 143 g/mol. The minimum absolute atomic E-state index is 0.175. The lowest BCUT2D eigenvalue weighted by molar-refractivity contribution is -0.121. The maximum atomic E-state index is 11.0. The molecule has 60 valence electrons. The molecule has 0 aliphatic carbocycles. The summed E-state index contributed by atoms with van der Waals surface area (Å²) < 4.78 is 0. The lowest BCUT2D eigenvalue weighted by atomic mass is 9.95. The van der Waals surface area contributed by atoms with Gasteiger partial charge in [-0.25, -0.2) is 0 Å². The van der Waals surface area contributed by atoms with Crippen molar-refractivity contribution in [2.24, 2.45) is 11.7 Å². The summed E-state index contributed by atoms with van der Waals surface area (Å²) in [6.07, 6.45) is 1.54. The van der Waals surface area contributed by atoms with Crippen molar-refractivity contribution >= 4 is 5.78 Å². The van der Waals surface area contributed by atoms with Crippen molar-refractivity contribution in [1.82, 2.24) is 0 Å². The second kappa shape index (κ2) is 4.45. The van der Waals surface area contributed by atoms with E-state index < -0.39 is 0 Å². The van der Waals surface area contributed by atoms with Crippen molar-refractivity contribution in [3.63, 3.8) is 0 Å². The van der Waals surface area contributed by atoms with E-state index in [0.717, 1.165) is 6.42 Å². The molecule has 0 fully saturated rings. The van der Waals surface area contributed by atoms with Gasteiger partial charge in [0, 0.05) is 6.42 Å². The minimum Gasteiger partial charge on any atom is -0.321 e. The molecule has 0 rings (SSSR count). The molecule has 2 heteroatoms. The van der Waals surface area contributed by atoms with Crippen LogP contribution in [0.2, 0.25) is 0 Å². The van der Waals surface area contributed by atoms with Gasteiger partial charge in [-0.15, -0.1) is 0 Å². The van der Waals surface area contributed by atoms with Crippen molar-refractivity contribution in [3.8, 4) is 0 Å². The van der Waals surface area contributed by atoms with Gasteiger partial charge in [-0.1, -0.05) is 27.2 Å². The first kappa shape index (κ1) is 9.63. The molecule has 0 aromatic heterocycles. The Morgan fingerprint density at radius 1 is 1.50 bits per heavy atom. The summed E-state index contributed by atoms with van der Waals surface area (Å²) in [5.74, 6) is 0.502. The van der Waals surface area contributed by atoms with Crippen molar-refractivity contribution in [2.75, 3.05) is 0 Å². The van der Waals surface area contributed by atoms with Gasteiger partial charge in [-0.3, -0.25) is 4.79 Å². The van der Waals surface area contributed by atoms with E-state index in [1.165, 1.54) is 0 Å². The normalized spacial score (nSPS) is 16.4. The zero-order chi connectivity index (χ0) is 8.15. The van der Waals surface area contributed by atoms with E-state index >= 15 is 0 Å². The summed E-state index contributed by atoms with van der Waals surface area (Å²) >= 11 is 0. The summed E-state index contributed by atoms with van der Waals surface area (Å²) in [7, 11) is 0. The fraction of sp³-hybridized carbons (Fsp3) is 0.875. The van der Waals surface area contributed by atoms with Gasteiger partial charge >= 0.3 is 0 Å². The average Bonchev–Trinajstić information content (AvgIpc) is 2.00. The first-order valence-electron chi connectivity index (χ1n) is 3.91. The third-order valence-corrected chi connectivity index (χ3v) is 1.98. The van der Waals surface area contributed by atoms with Gasteiger partial charge < -0.3 is 5.73 Å². The van der Waals surface area contributed by atoms with Gasteiger partial charge in [0.1, 0.15) is 5.78 Å². The third-order valence-electron chi connectivity index (χ3n) is 1.98. The van der Waals surface area contributed by atoms with Crippen LogP contribution >= 0.6 is 0 Å². The Kier molecular flexibility index (Phi) is 4.28. The Bertz CT molecular complexity index is 112. The molecule has 0 amide bonds. The molecule has 1 unspecified atom stereocenters. The molecule has 2 atom stereocenters. The molecule has 0 heterocycles. The zero-order valence-electron chi connectivity index (χ0n) is 7.05. The number of carbonyl (C=O) groups is 1. The lowest BCUT2D eigenvalue weighted by Gasteiger charge is -2.15. The quantitative estimate of drug-likeness (QED) is 0.645. The molecule has 0 bridgehead atoms. The molecule has 2 N–H and O–H groups in total. The standard InChI is InChI=1S/C8H17NO/c1-4-6(3)8(9)7(10)5-2/h6,8H,4-5,9H2,1-3H3/t6?,8-/m0/s1. The highest BCUT2D eigenvalue weighted by Gasteiger charge is 2.16. The first-order chi connectivity index (χ1) is 4.63. The fourth-order valence-corrected chi connectivity index (χ4v) is 0.807. The van der Waals surface area contributed by atoms with Crippen LogP contribution in [0, 0.1) is 5.92 Å². The summed E-state index contributed by atoms with van der Waals surface area (Å²) in [5, 5.41) is 0. The molecule has 0 aliphatic rings. The topological polar surface area (TPSA) is 43.1 Å². The van der Waals surface area contributed by atoms with E-state index in [9.17, 15) is 4.79 Å². The molecular formula is C8H17NO. The molecule has 0 aliphatic heterocycles. The largest absolute Gasteiger partial charge is 0.321 e. The molecule has 0 saturated heterocycles. The molecule has 2 nitrogen and oxygen atoms in total. The van der Waals surface area contributed by atoms with Crippen LogP contribution in [0.1, 0.15) is 33.6 Å². The number of ketones is 1. The van der Waals surface area contributed by atoms with E-state index in [1.54, 1.807) is 0 Å². The van der Waals surface area contributed by atoms with Crippen molar-refractivity contribution < 1.29 is 4.79 Å². The van der Waals surface area contributed by atoms with E-state index in [0.29, 0.717) is 12.3 Å². The minimum atomic E-state index is -0.241. The van der Waals surface area contributed by atoms with Crippen molar-refractivity contribution in [1.29, 1.82) is 0 Å². The number of nitrogens with two attached hydrogens (primary N) is 1. The highest BCUT2D eigenvalue weighted by Crippen LogP contribution is 2.06. The van der Waals surface area contributed by atoms with Gasteiger partial charge in [0.2, 0.25) is 0 Å². The Hall–Kier alpha value is -0.370. The van der Waals surface area contributed by atoms with Gasteiger partial charge in [-0.2, -0.15) is 0 Å². The average molecular weight is 143 g/mol. The number of carbonyl (C=O) groups excluding carboxylic acids is 1. The van der Waals surface area contributed by atoms with Crippen molar-refractivity contribution in [2.45, 2.75) is 39.7 Å². The van der Waals surface area contributed by atoms with Crippen LogP contribution in [0.15, 0.2) is 0 Å². The Labute approximate surface area is 62.8 Å². The molecule has 0 aromatic rings. The van der Waals surface area contributed by atoms with Crippen LogP contribution < -0.4 is 5.73 Å². The van der Waals surface area contributed by atoms with Gasteiger partial charge in [0.15, 0.2) is 0 Å². The van der Waals surface area contributed by atoms with Crippen LogP contribution in [0.4, 0.5) is 0 Å². The van der Waals surface area contributed by atoms with E-state index in [2.05, 4.69) is 0 Å². The zero-order valence-corrected chi connectivity index (χ0v) is 7.05. The van der Waals surface area contributed by atoms with Crippen molar-refractivity contribution in [3.05, 3.63) is 0 Å². The number of hydrogen-bond donors (Lipinski definition) is 1. The molecule has 0 aromatic carbocycles. The molecule has 0 spiro atoms. The van der Waals surface area contributed by atoms with Crippen LogP contribution in [-0.2, 0) is 4.79 Å². The fourth-order valence-electron chi connectivity index (χ4n) is 0.807.